The first-order valence-electron chi connectivity index (χ1n) is 4.81. The zero-order valence-corrected chi connectivity index (χ0v) is 9.42. The minimum Gasteiger partial charge on any atom is -0.481 e. The van der Waals surface area contributed by atoms with Crippen molar-refractivity contribution in [1.82, 2.24) is 0 Å². The van der Waals surface area contributed by atoms with Crippen LogP contribution in [0, 0.1) is 11.8 Å². The smallest absolute Gasteiger partial charge is 0.320 e. The summed E-state index contributed by atoms with van der Waals surface area (Å²) in [6.07, 6.45) is 8.22. The van der Waals surface area contributed by atoms with Crippen LogP contribution < -0.4 is 0 Å². The van der Waals surface area contributed by atoms with Crippen molar-refractivity contribution in [2.45, 2.75) is 6.92 Å². The Bertz CT molecular complexity index is 315. The first-order valence-corrected chi connectivity index (χ1v) is 4.81. The van der Waals surface area contributed by atoms with Crippen molar-refractivity contribution in [1.29, 1.82) is 0 Å². The van der Waals surface area contributed by atoms with Gasteiger partial charge in [0, 0.05) is 5.92 Å². The Morgan fingerprint density at radius 2 is 2.00 bits per heavy atom. The van der Waals surface area contributed by atoms with E-state index in [-0.39, 0.29) is 0 Å². The number of carbonyl (C=O) groups is 2. The molecule has 2 atom stereocenters. The Hall–Kier alpha value is -1.84. The van der Waals surface area contributed by atoms with Crippen LogP contribution in [0.1, 0.15) is 6.92 Å². The van der Waals surface area contributed by atoms with Crippen molar-refractivity contribution in [2.75, 3.05) is 7.11 Å². The minimum absolute atomic E-state index is 0.582. The Morgan fingerprint density at radius 1 is 1.38 bits per heavy atom. The molecule has 0 aromatic heterocycles. The van der Waals surface area contributed by atoms with E-state index in [0.717, 1.165) is 7.11 Å². The maximum atomic E-state index is 11.3. The lowest BCUT2D eigenvalue weighted by molar-refractivity contribution is -0.157. The number of hydrogen-bond acceptors (Lipinski definition) is 3. The van der Waals surface area contributed by atoms with Crippen molar-refractivity contribution in [2.24, 2.45) is 11.8 Å². The van der Waals surface area contributed by atoms with Gasteiger partial charge in [-0.2, -0.15) is 0 Å². The van der Waals surface area contributed by atoms with Crippen LogP contribution in [0.3, 0.4) is 0 Å². The second-order valence-corrected chi connectivity index (χ2v) is 3.06. The van der Waals surface area contributed by atoms with Gasteiger partial charge in [-0.25, -0.2) is 0 Å². The predicted octanol–water partition coefficient (Wildman–Crippen LogP) is 1.79. The molecule has 0 fully saturated rings. The third-order valence-corrected chi connectivity index (χ3v) is 2.02. The Kier molecular flexibility index (Phi) is 6.59. The molecule has 0 saturated heterocycles. The van der Waals surface area contributed by atoms with E-state index in [9.17, 15) is 9.59 Å². The summed E-state index contributed by atoms with van der Waals surface area (Å²) in [6, 6.07) is 0. The summed E-state index contributed by atoms with van der Waals surface area (Å²) in [5.74, 6) is -3.82. The van der Waals surface area contributed by atoms with Crippen molar-refractivity contribution < 1.29 is 19.4 Å². The number of esters is 1. The number of carboxylic acids is 1. The molecule has 0 rings (SSSR count). The van der Waals surface area contributed by atoms with E-state index in [4.69, 9.17) is 5.11 Å². The molecule has 0 aliphatic heterocycles. The summed E-state index contributed by atoms with van der Waals surface area (Å²) in [4.78, 5) is 22.2. The highest BCUT2D eigenvalue weighted by molar-refractivity contribution is 5.94. The molecule has 4 nitrogen and oxygen atoms in total. The fraction of sp³-hybridized carbons (Fsp3) is 0.333. The summed E-state index contributed by atoms with van der Waals surface area (Å²) in [5, 5.41) is 8.93. The number of carboxylic acid groups (broad SMARTS) is 1. The molecule has 0 bridgehead atoms. The van der Waals surface area contributed by atoms with Gasteiger partial charge in [-0.1, -0.05) is 30.4 Å². The van der Waals surface area contributed by atoms with E-state index >= 15 is 0 Å². The zero-order valence-electron chi connectivity index (χ0n) is 9.42. The third-order valence-electron chi connectivity index (χ3n) is 2.02. The summed E-state index contributed by atoms with van der Waals surface area (Å²) in [6.45, 7) is 5.35. The molecule has 2 unspecified atom stereocenters. The zero-order chi connectivity index (χ0) is 12.6. The molecule has 0 radical (unpaired) electrons. The van der Waals surface area contributed by atoms with Gasteiger partial charge in [-0.05, 0) is 6.92 Å². The lowest BCUT2D eigenvalue weighted by atomic mass is 9.92. The molecule has 0 aromatic carbocycles. The van der Waals surface area contributed by atoms with Crippen molar-refractivity contribution in [3.63, 3.8) is 0 Å². The molecule has 0 amide bonds. The van der Waals surface area contributed by atoms with Crippen LogP contribution in [-0.2, 0) is 14.3 Å². The summed E-state index contributed by atoms with van der Waals surface area (Å²) < 4.78 is 4.44. The van der Waals surface area contributed by atoms with Crippen molar-refractivity contribution in [3.05, 3.63) is 37.0 Å². The van der Waals surface area contributed by atoms with E-state index in [1.165, 1.54) is 6.08 Å². The fourth-order valence-corrected chi connectivity index (χ4v) is 1.18. The normalized spacial score (nSPS) is 14.9. The highest BCUT2D eigenvalue weighted by Crippen LogP contribution is 2.17. The summed E-state index contributed by atoms with van der Waals surface area (Å²) in [7, 11) is 1.16. The molecule has 0 heterocycles. The molecule has 0 aromatic rings. The van der Waals surface area contributed by atoms with Crippen LogP contribution in [0.25, 0.3) is 0 Å². The second kappa shape index (κ2) is 7.45. The average molecular weight is 224 g/mol. The SMILES string of the molecule is C=CC(C=CC=CC)C(C(=O)O)C(=O)OC. The van der Waals surface area contributed by atoms with Gasteiger partial charge in [-0.3, -0.25) is 9.59 Å². The van der Waals surface area contributed by atoms with Gasteiger partial charge in [0.05, 0.1) is 7.11 Å². The molecule has 4 heteroatoms. The van der Waals surface area contributed by atoms with Gasteiger partial charge in [0.25, 0.3) is 0 Å². The molecule has 16 heavy (non-hydrogen) atoms. The van der Waals surface area contributed by atoms with E-state index in [1.54, 1.807) is 24.3 Å². The predicted molar refractivity (Wildman–Crippen MR) is 60.8 cm³/mol. The number of hydrogen-bond donors (Lipinski definition) is 1. The number of carbonyl (C=O) groups excluding carboxylic acids is 1. The molecule has 1 N–H and O–H groups in total. The van der Waals surface area contributed by atoms with Crippen molar-refractivity contribution >= 4 is 11.9 Å². The quantitative estimate of drug-likeness (QED) is 0.323. The van der Waals surface area contributed by atoms with E-state index in [0.29, 0.717) is 0 Å². The fourth-order valence-electron chi connectivity index (χ4n) is 1.18. The standard InChI is InChI=1S/C12H16O4/c1-4-6-7-8-9(5-2)10(11(13)14)12(15)16-3/h4-10H,2H2,1,3H3,(H,13,14). The van der Waals surface area contributed by atoms with Gasteiger partial charge in [0.2, 0.25) is 0 Å². The monoisotopic (exact) mass is 224 g/mol. The van der Waals surface area contributed by atoms with Crippen LogP contribution in [0.15, 0.2) is 37.0 Å². The average Bonchev–Trinajstić information content (AvgIpc) is 2.26. The maximum absolute atomic E-state index is 11.3. The topological polar surface area (TPSA) is 63.6 Å². The van der Waals surface area contributed by atoms with Crippen molar-refractivity contribution in [3.8, 4) is 0 Å². The molecule has 0 aliphatic rings. The Labute approximate surface area is 94.9 Å². The molecule has 0 saturated carbocycles. The third kappa shape index (κ3) is 4.13. The number of allylic oxidation sites excluding steroid dienone is 5. The molecule has 0 aliphatic carbocycles. The van der Waals surface area contributed by atoms with Crippen LogP contribution in [-0.4, -0.2) is 24.2 Å². The van der Waals surface area contributed by atoms with Gasteiger partial charge >= 0.3 is 11.9 Å². The summed E-state index contributed by atoms with van der Waals surface area (Å²) in [5.41, 5.74) is 0. The van der Waals surface area contributed by atoms with Crippen LogP contribution in [0.5, 0.6) is 0 Å². The minimum atomic E-state index is -1.25. The number of ether oxygens (including phenoxy) is 1. The first kappa shape index (κ1) is 14.2. The molecular formula is C12H16O4. The van der Waals surface area contributed by atoms with Gasteiger partial charge in [0.15, 0.2) is 5.92 Å². The van der Waals surface area contributed by atoms with Crippen LogP contribution >= 0.6 is 0 Å². The van der Waals surface area contributed by atoms with E-state index < -0.39 is 23.8 Å². The number of rotatable bonds is 6. The molecule has 0 spiro atoms. The molecular weight excluding hydrogens is 208 g/mol. The van der Waals surface area contributed by atoms with E-state index in [2.05, 4.69) is 11.3 Å². The molecule has 88 valence electrons. The Balaban J connectivity index is 4.92. The van der Waals surface area contributed by atoms with Crippen LogP contribution in [0.2, 0.25) is 0 Å². The van der Waals surface area contributed by atoms with Gasteiger partial charge < -0.3 is 9.84 Å². The van der Waals surface area contributed by atoms with Crippen LogP contribution in [0.4, 0.5) is 0 Å². The maximum Gasteiger partial charge on any atom is 0.320 e. The summed E-state index contributed by atoms with van der Waals surface area (Å²) >= 11 is 0. The first-order chi connectivity index (χ1) is 7.58. The highest BCUT2D eigenvalue weighted by Gasteiger charge is 2.32. The van der Waals surface area contributed by atoms with Gasteiger partial charge in [0.1, 0.15) is 0 Å². The number of methoxy groups -OCH3 is 1. The largest absolute Gasteiger partial charge is 0.481 e. The highest BCUT2D eigenvalue weighted by atomic mass is 16.5. The van der Waals surface area contributed by atoms with Gasteiger partial charge in [-0.15, -0.1) is 6.58 Å². The number of aliphatic carboxylic acids is 1. The van der Waals surface area contributed by atoms with E-state index in [1.807, 2.05) is 6.92 Å². The Morgan fingerprint density at radius 3 is 2.38 bits per heavy atom. The lowest BCUT2D eigenvalue weighted by Crippen LogP contribution is -2.30. The lowest BCUT2D eigenvalue weighted by Gasteiger charge is -2.14. The second-order valence-electron chi connectivity index (χ2n) is 3.06.